The molecule has 0 aromatic rings. The van der Waals surface area contributed by atoms with Gasteiger partial charge in [0.15, 0.2) is 18.9 Å². The minimum atomic E-state index is -1.97. The third kappa shape index (κ3) is 29.5. The number of rotatable bonds is 45. The zero-order chi connectivity index (χ0) is 60.5. The van der Waals surface area contributed by atoms with E-state index in [1.807, 2.05) is 6.92 Å². The highest BCUT2D eigenvalue weighted by atomic mass is 16.8. The molecule has 478 valence electrons. The maximum Gasteiger partial charge on any atom is 0.220 e. The summed E-state index contributed by atoms with van der Waals surface area (Å²) in [7, 11) is 0. The van der Waals surface area contributed by atoms with E-state index in [1.54, 1.807) is 0 Å². The predicted molar refractivity (Wildman–Crippen MR) is 318 cm³/mol. The van der Waals surface area contributed by atoms with Crippen molar-refractivity contribution in [3.05, 3.63) is 85.1 Å². The van der Waals surface area contributed by atoms with E-state index in [9.17, 15) is 61.0 Å². The van der Waals surface area contributed by atoms with Gasteiger partial charge in [-0.15, -0.1) is 0 Å². The zero-order valence-electron chi connectivity index (χ0n) is 49.9. The van der Waals surface area contributed by atoms with E-state index in [0.29, 0.717) is 19.3 Å². The molecule has 17 unspecified atom stereocenters. The molecule has 0 aliphatic carbocycles. The minimum Gasteiger partial charge on any atom is -0.394 e. The quantitative estimate of drug-likeness (QED) is 0.0233. The molecule has 3 aliphatic rings. The van der Waals surface area contributed by atoms with Crippen molar-refractivity contribution in [3.63, 3.8) is 0 Å². The van der Waals surface area contributed by atoms with Crippen molar-refractivity contribution in [1.29, 1.82) is 0 Å². The van der Waals surface area contributed by atoms with E-state index in [1.165, 1.54) is 57.8 Å². The van der Waals surface area contributed by atoms with Gasteiger partial charge >= 0.3 is 0 Å². The van der Waals surface area contributed by atoms with Crippen LogP contribution >= 0.6 is 0 Å². The van der Waals surface area contributed by atoms with E-state index in [-0.39, 0.29) is 18.9 Å². The summed E-state index contributed by atoms with van der Waals surface area (Å²) < 4.78 is 34.0. The maximum absolute atomic E-state index is 13.2. The lowest BCUT2D eigenvalue weighted by atomic mass is 9.96. The minimum absolute atomic E-state index is 0.257. The van der Waals surface area contributed by atoms with Crippen LogP contribution in [0.2, 0.25) is 0 Å². The van der Waals surface area contributed by atoms with Crippen LogP contribution in [0.4, 0.5) is 0 Å². The van der Waals surface area contributed by atoms with Crippen LogP contribution in [-0.2, 0) is 33.2 Å². The van der Waals surface area contributed by atoms with Crippen LogP contribution in [0.25, 0.3) is 0 Å². The van der Waals surface area contributed by atoms with Gasteiger partial charge in [-0.3, -0.25) is 4.79 Å². The molecule has 0 aromatic carbocycles. The summed E-state index contributed by atoms with van der Waals surface area (Å²) >= 11 is 0. The number of hydrogen-bond acceptors (Lipinski definition) is 18. The summed E-state index contributed by atoms with van der Waals surface area (Å²) in [5.41, 5.74) is 0. The molecular weight excluding hydrogens is 1070 g/mol. The van der Waals surface area contributed by atoms with Gasteiger partial charge in [0.1, 0.15) is 73.2 Å². The summed E-state index contributed by atoms with van der Waals surface area (Å²) in [5, 5.41) is 119. The Bertz CT molecular complexity index is 1840. The van der Waals surface area contributed by atoms with Gasteiger partial charge in [0.05, 0.1) is 38.6 Å². The first-order chi connectivity index (χ1) is 40.3. The van der Waals surface area contributed by atoms with Gasteiger partial charge in [-0.25, -0.2) is 0 Å². The molecule has 17 atom stereocenters. The molecule has 0 aromatic heterocycles. The van der Waals surface area contributed by atoms with Crippen molar-refractivity contribution >= 4 is 5.91 Å². The summed E-state index contributed by atoms with van der Waals surface area (Å²) in [6.07, 6.45) is 31.0. The van der Waals surface area contributed by atoms with Crippen molar-refractivity contribution in [2.45, 2.75) is 285 Å². The Morgan fingerprint density at radius 2 is 0.831 bits per heavy atom. The lowest BCUT2D eigenvalue weighted by molar-refractivity contribution is -0.379. The van der Waals surface area contributed by atoms with Crippen LogP contribution in [0.1, 0.15) is 181 Å². The molecule has 12 N–H and O–H groups in total. The largest absolute Gasteiger partial charge is 0.394 e. The number of allylic oxidation sites excluding steroid dienone is 14. The molecule has 19 heteroatoms. The topological polar surface area (TPSA) is 307 Å². The van der Waals surface area contributed by atoms with Crippen molar-refractivity contribution < 1.29 is 89.4 Å². The molecule has 1 amide bonds. The molecule has 83 heavy (non-hydrogen) atoms. The zero-order valence-corrected chi connectivity index (χ0v) is 49.9. The average molecular weight is 1180 g/mol. The highest BCUT2D eigenvalue weighted by Crippen LogP contribution is 2.33. The fourth-order valence-electron chi connectivity index (χ4n) is 10.1. The lowest BCUT2D eigenvalue weighted by Crippen LogP contribution is -2.66. The van der Waals surface area contributed by atoms with Crippen molar-refractivity contribution in [1.82, 2.24) is 5.32 Å². The van der Waals surface area contributed by atoms with Crippen LogP contribution in [0.5, 0.6) is 0 Å². The lowest BCUT2D eigenvalue weighted by Gasteiger charge is -2.48. The van der Waals surface area contributed by atoms with Crippen LogP contribution in [0.3, 0.4) is 0 Å². The summed E-state index contributed by atoms with van der Waals surface area (Å²) in [6, 6.07) is -0.887. The second kappa shape index (κ2) is 46.2. The first kappa shape index (κ1) is 74.2. The van der Waals surface area contributed by atoms with Gasteiger partial charge in [0.25, 0.3) is 0 Å². The molecule has 3 saturated heterocycles. The van der Waals surface area contributed by atoms with Crippen molar-refractivity contribution in [3.8, 4) is 0 Å². The molecule has 19 nitrogen and oxygen atoms in total. The van der Waals surface area contributed by atoms with Gasteiger partial charge < -0.3 is 89.9 Å². The van der Waals surface area contributed by atoms with Gasteiger partial charge in [0, 0.05) is 6.42 Å². The number of carbonyl (C=O) groups excluding carboxylic acids is 1. The monoisotopic (exact) mass is 1180 g/mol. The van der Waals surface area contributed by atoms with E-state index >= 15 is 0 Å². The van der Waals surface area contributed by atoms with Gasteiger partial charge in [-0.1, -0.05) is 189 Å². The number of carbonyl (C=O) groups is 1. The number of unbranched alkanes of at least 4 members (excludes halogenated alkanes) is 15. The summed E-state index contributed by atoms with van der Waals surface area (Å²) in [5.74, 6) is -0.261. The van der Waals surface area contributed by atoms with Gasteiger partial charge in [-0.2, -0.15) is 0 Å². The smallest absolute Gasteiger partial charge is 0.220 e. The number of amides is 1. The Morgan fingerprint density at radius 1 is 0.446 bits per heavy atom. The van der Waals surface area contributed by atoms with Gasteiger partial charge in [-0.05, 0) is 70.6 Å². The Morgan fingerprint density at radius 3 is 1.28 bits per heavy atom. The molecule has 3 rings (SSSR count). The number of aliphatic hydroxyl groups excluding tert-OH is 11. The standard InChI is InChI=1S/C64H109NO18/c1-3-5-7-8-9-10-11-12-13-14-15-16-17-18-19-20-21-22-23-24-25-26-27-28-29-30-31-32-33-34-35-36-37-38-40-42-52(70)65-47(48(69)41-39-6-4-2)46-78-62-58(76)55(73)60(50(44-67)80-62)83-64-59(77)56(74)61(51(45-68)81-64)82-63-57(75)54(72)53(71)49(43-66)79-63/h5,7,9-10,12-13,15-16,18-19,21-22,24-25,47-51,53-64,66-69,71-77H,3-4,6,8,11,14,17,20,23,26-46H2,1-2H3,(H,65,70)/b7-5-,10-9-,13-12-,16-15-,19-18-,22-21-,25-24-. The summed E-state index contributed by atoms with van der Waals surface area (Å²) in [4.78, 5) is 13.2. The fraction of sp³-hybridized carbons (Fsp3) is 0.766. The Kier molecular flexibility index (Phi) is 41.3. The Hall–Kier alpha value is -3.03. The molecule has 3 fully saturated rings. The molecule has 0 saturated carbocycles. The third-order valence-corrected chi connectivity index (χ3v) is 15.2. The molecule has 0 spiro atoms. The molecule has 3 aliphatic heterocycles. The number of ether oxygens (including phenoxy) is 6. The van der Waals surface area contributed by atoms with Crippen LogP contribution in [-0.4, -0.2) is 193 Å². The van der Waals surface area contributed by atoms with E-state index in [0.717, 1.165) is 83.5 Å². The number of hydrogen-bond donors (Lipinski definition) is 12. The van der Waals surface area contributed by atoms with E-state index < -0.39 is 124 Å². The highest BCUT2D eigenvalue weighted by molar-refractivity contribution is 5.76. The van der Waals surface area contributed by atoms with Crippen LogP contribution in [0.15, 0.2) is 85.1 Å². The fourth-order valence-corrected chi connectivity index (χ4v) is 10.1. The Labute approximate surface area is 495 Å². The van der Waals surface area contributed by atoms with Crippen molar-refractivity contribution in [2.24, 2.45) is 0 Å². The first-order valence-electron chi connectivity index (χ1n) is 31.3. The normalized spacial score (nSPS) is 30.0. The SMILES string of the molecule is CC/C=C\C/C=C\C/C=C\C/C=C\C/C=C\C/C=C\C/C=C\CCCCCCCCCCCCCCCC(=O)NC(COC1OC(CO)C(OC2OC(CO)C(OC3OC(CO)C(O)C(O)C3O)C(O)C2O)C(O)C1O)C(O)CCCCC. The second-order valence-electron chi connectivity index (χ2n) is 22.1. The highest BCUT2D eigenvalue weighted by Gasteiger charge is 2.53. The number of nitrogens with one attached hydrogen (secondary N) is 1. The van der Waals surface area contributed by atoms with Crippen molar-refractivity contribution in [2.75, 3.05) is 26.4 Å². The molecule has 0 radical (unpaired) electrons. The Balaban J connectivity index is 1.26. The van der Waals surface area contributed by atoms with Crippen LogP contribution in [0, 0.1) is 0 Å². The molecular formula is C64H109NO18. The average Bonchev–Trinajstić information content (AvgIpc) is 3.28. The van der Waals surface area contributed by atoms with Gasteiger partial charge in [0.2, 0.25) is 5.91 Å². The van der Waals surface area contributed by atoms with Crippen LogP contribution < -0.4 is 5.32 Å². The number of aliphatic hydroxyl groups is 11. The second-order valence-corrected chi connectivity index (χ2v) is 22.1. The van der Waals surface area contributed by atoms with E-state index in [2.05, 4.69) is 97.3 Å². The third-order valence-electron chi connectivity index (χ3n) is 15.2. The maximum atomic E-state index is 13.2. The molecule has 0 bridgehead atoms. The van der Waals surface area contributed by atoms with E-state index in [4.69, 9.17) is 28.4 Å². The summed E-state index contributed by atoms with van der Waals surface area (Å²) in [6.45, 7) is 1.46. The first-order valence-corrected chi connectivity index (χ1v) is 31.3. The molecule has 3 heterocycles. The predicted octanol–water partition coefficient (Wildman–Crippen LogP) is 6.37.